The van der Waals surface area contributed by atoms with Crippen LogP contribution >= 0.6 is 0 Å². The van der Waals surface area contributed by atoms with Gasteiger partial charge in [0.1, 0.15) is 0 Å². The van der Waals surface area contributed by atoms with Crippen molar-refractivity contribution in [2.24, 2.45) is 5.92 Å². The Bertz CT molecular complexity index is 315. The molecule has 2 aliphatic heterocycles. The van der Waals surface area contributed by atoms with E-state index in [1.165, 1.54) is 0 Å². The molecule has 2 heterocycles. The number of hydrogen-bond donors (Lipinski definition) is 1. The van der Waals surface area contributed by atoms with E-state index in [9.17, 15) is 4.79 Å². The van der Waals surface area contributed by atoms with Crippen molar-refractivity contribution in [2.45, 2.75) is 45.3 Å². The molecule has 17 heavy (non-hydrogen) atoms. The second-order valence-corrected chi connectivity index (χ2v) is 5.88. The molecule has 0 bridgehead atoms. The zero-order chi connectivity index (χ0) is 12.8. The molecule has 2 fully saturated rings. The first-order valence-corrected chi connectivity index (χ1v) is 6.05. The zero-order valence-corrected chi connectivity index (χ0v) is 10.9. The molecule has 0 aliphatic carbocycles. The maximum absolute atomic E-state index is 10.9. The van der Waals surface area contributed by atoms with Crippen LogP contribution in [0.15, 0.2) is 0 Å². The molecular formula is C11H20BNO4. The van der Waals surface area contributed by atoms with E-state index < -0.39 is 13.2 Å². The lowest BCUT2D eigenvalue weighted by Crippen LogP contribution is -2.41. The number of rotatable bonds is 2. The molecule has 0 saturated carbocycles. The topological polar surface area (TPSA) is 59.0 Å². The summed E-state index contributed by atoms with van der Waals surface area (Å²) >= 11 is 0. The van der Waals surface area contributed by atoms with Gasteiger partial charge in [0.15, 0.2) is 0 Å². The van der Waals surface area contributed by atoms with Gasteiger partial charge >= 0.3 is 13.2 Å². The van der Waals surface area contributed by atoms with Crippen molar-refractivity contribution in [3.63, 3.8) is 0 Å². The maximum atomic E-state index is 10.9. The summed E-state index contributed by atoms with van der Waals surface area (Å²) in [5.74, 6) is -1.03. The predicted octanol–water partition coefficient (Wildman–Crippen LogP) is 0.982. The highest BCUT2D eigenvalue weighted by atomic mass is 16.7. The summed E-state index contributed by atoms with van der Waals surface area (Å²) in [4.78, 5) is 12.9. The van der Waals surface area contributed by atoms with Crippen LogP contribution in [-0.4, -0.2) is 47.4 Å². The van der Waals surface area contributed by atoms with Gasteiger partial charge in [0.25, 0.3) is 0 Å². The van der Waals surface area contributed by atoms with E-state index >= 15 is 0 Å². The summed E-state index contributed by atoms with van der Waals surface area (Å²) < 4.78 is 11.8. The Kier molecular flexibility index (Phi) is 3.00. The Labute approximate surface area is 102 Å². The number of hydrogen-bond acceptors (Lipinski definition) is 4. The molecule has 96 valence electrons. The van der Waals surface area contributed by atoms with Gasteiger partial charge in [0.2, 0.25) is 0 Å². The summed E-state index contributed by atoms with van der Waals surface area (Å²) in [5.41, 5.74) is -0.724. The van der Waals surface area contributed by atoms with E-state index in [2.05, 4.69) is 0 Å². The van der Waals surface area contributed by atoms with Crippen LogP contribution in [0.4, 0.5) is 0 Å². The molecule has 1 atom stereocenters. The summed E-state index contributed by atoms with van der Waals surface area (Å²) in [6.45, 7) is 9.21. The van der Waals surface area contributed by atoms with Crippen LogP contribution in [0.3, 0.4) is 0 Å². The zero-order valence-electron chi connectivity index (χ0n) is 10.9. The largest absolute Gasteiger partial charge is 0.558 e. The first-order chi connectivity index (χ1) is 7.73. The van der Waals surface area contributed by atoms with Crippen LogP contribution in [0, 0.1) is 5.92 Å². The third-order valence-corrected chi connectivity index (χ3v) is 4.11. The molecule has 1 N–H and O–H groups in total. The van der Waals surface area contributed by atoms with Gasteiger partial charge in [0, 0.05) is 6.54 Å². The van der Waals surface area contributed by atoms with Crippen LogP contribution in [0.25, 0.3) is 0 Å². The number of carboxylic acid groups (broad SMARTS) is 1. The minimum Gasteiger partial charge on any atom is -0.481 e. The fraction of sp³-hybridized carbons (Fsp3) is 0.909. The SMILES string of the molecule is CC1(C)OB(N2CC[C@@H](C(=O)O)C2)OC1(C)C. The maximum Gasteiger partial charge on any atom is 0.558 e. The fourth-order valence-electron chi connectivity index (χ4n) is 2.14. The fourth-order valence-corrected chi connectivity index (χ4v) is 2.14. The van der Waals surface area contributed by atoms with Crippen molar-refractivity contribution in [2.75, 3.05) is 13.1 Å². The molecule has 2 rings (SSSR count). The van der Waals surface area contributed by atoms with E-state index in [4.69, 9.17) is 14.4 Å². The van der Waals surface area contributed by atoms with E-state index in [1.54, 1.807) is 0 Å². The lowest BCUT2D eigenvalue weighted by atomic mass is 9.90. The highest BCUT2D eigenvalue weighted by molar-refractivity contribution is 6.42. The highest BCUT2D eigenvalue weighted by Crippen LogP contribution is 2.38. The van der Waals surface area contributed by atoms with Crippen molar-refractivity contribution in [3.05, 3.63) is 0 Å². The molecule has 0 radical (unpaired) electrons. The van der Waals surface area contributed by atoms with Gasteiger partial charge in [-0.15, -0.1) is 0 Å². The van der Waals surface area contributed by atoms with Gasteiger partial charge in [-0.1, -0.05) is 0 Å². The molecule has 5 nitrogen and oxygen atoms in total. The molecule has 0 aromatic heterocycles. The van der Waals surface area contributed by atoms with Crippen LogP contribution in [0.5, 0.6) is 0 Å². The lowest BCUT2D eigenvalue weighted by molar-refractivity contribution is -0.141. The van der Waals surface area contributed by atoms with Crippen LogP contribution < -0.4 is 0 Å². The number of carbonyl (C=O) groups is 1. The lowest BCUT2D eigenvalue weighted by Gasteiger charge is -2.32. The molecule has 2 saturated heterocycles. The second kappa shape index (κ2) is 3.97. The Morgan fingerprint density at radius 3 is 2.24 bits per heavy atom. The molecule has 0 spiro atoms. The van der Waals surface area contributed by atoms with Crippen molar-refractivity contribution in [1.29, 1.82) is 0 Å². The van der Waals surface area contributed by atoms with Crippen LogP contribution in [0.1, 0.15) is 34.1 Å². The third-order valence-electron chi connectivity index (χ3n) is 4.11. The van der Waals surface area contributed by atoms with Crippen molar-refractivity contribution in [1.82, 2.24) is 4.81 Å². The molecule has 2 aliphatic rings. The van der Waals surface area contributed by atoms with E-state index in [-0.39, 0.29) is 17.1 Å². The standard InChI is InChI=1S/C11H20BNO4/c1-10(2)11(3,4)17-12(16-10)13-6-5-8(7-13)9(14)15/h8H,5-7H2,1-4H3,(H,14,15)/t8-/m1/s1. The van der Waals surface area contributed by atoms with Gasteiger partial charge in [0.05, 0.1) is 17.1 Å². The first kappa shape index (κ1) is 12.9. The average Bonchev–Trinajstić information content (AvgIpc) is 2.70. The molecule has 6 heteroatoms. The minimum atomic E-state index is -0.732. The number of carboxylic acids is 1. The van der Waals surface area contributed by atoms with Crippen molar-refractivity contribution in [3.8, 4) is 0 Å². The molecule has 0 amide bonds. The number of nitrogens with zero attached hydrogens (tertiary/aromatic N) is 1. The summed E-state index contributed by atoms with van der Waals surface area (Å²) in [7, 11) is -0.413. The molecule has 0 aromatic rings. The highest BCUT2D eigenvalue weighted by Gasteiger charge is 2.55. The number of aliphatic carboxylic acids is 1. The van der Waals surface area contributed by atoms with Gasteiger partial charge in [-0.25, -0.2) is 0 Å². The van der Waals surface area contributed by atoms with Crippen molar-refractivity contribution >= 4 is 13.2 Å². The Morgan fingerprint density at radius 1 is 1.29 bits per heavy atom. The van der Waals surface area contributed by atoms with Gasteiger partial charge < -0.3 is 14.4 Å². The predicted molar refractivity (Wildman–Crippen MR) is 63.4 cm³/mol. The van der Waals surface area contributed by atoms with Gasteiger partial charge in [-0.05, 0) is 40.7 Å². The molecule has 0 aromatic carbocycles. The Hall–Kier alpha value is -0.585. The van der Waals surface area contributed by atoms with E-state index in [0.717, 1.165) is 0 Å². The minimum absolute atomic E-state index is 0.297. The normalized spacial score (nSPS) is 32.0. The second-order valence-electron chi connectivity index (χ2n) is 5.88. The summed E-state index contributed by atoms with van der Waals surface area (Å²) in [5, 5.41) is 8.97. The van der Waals surface area contributed by atoms with Gasteiger partial charge in [-0.2, -0.15) is 0 Å². The summed E-state index contributed by atoms with van der Waals surface area (Å²) in [6, 6.07) is 0. The van der Waals surface area contributed by atoms with Crippen LogP contribution in [-0.2, 0) is 14.1 Å². The first-order valence-electron chi connectivity index (χ1n) is 6.05. The van der Waals surface area contributed by atoms with Crippen LogP contribution in [0.2, 0.25) is 0 Å². The summed E-state index contributed by atoms with van der Waals surface area (Å²) in [6.07, 6.45) is 0.666. The van der Waals surface area contributed by atoms with Gasteiger partial charge in [-0.3, -0.25) is 9.61 Å². The Morgan fingerprint density at radius 2 is 1.82 bits per heavy atom. The quantitative estimate of drug-likeness (QED) is 0.730. The van der Waals surface area contributed by atoms with E-state index in [0.29, 0.717) is 19.5 Å². The molecular weight excluding hydrogens is 221 g/mol. The van der Waals surface area contributed by atoms with E-state index in [1.807, 2.05) is 32.5 Å². The third kappa shape index (κ3) is 2.21. The smallest absolute Gasteiger partial charge is 0.481 e. The van der Waals surface area contributed by atoms with Crippen molar-refractivity contribution < 1.29 is 19.2 Å². The average molecular weight is 241 g/mol. The monoisotopic (exact) mass is 241 g/mol. The Balaban J connectivity index is 2.01. The molecule has 0 unspecified atom stereocenters.